The van der Waals surface area contributed by atoms with E-state index in [1.54, 1.807) is 0 Å². The molecule has 0 unspecified atom stereocenters. The van der Waals surface area contributed by atoms with Crippen molar-refractivity contribution < 1.29 is 9.59 Å². The van der Waals surface area contributed by atoms with E-state index < -0.39 is 0 Å². The van der Waals surface area contributed by atoms with E-state index >= 15 is 0 Å². The van der Waals surface area contributed by atoms with Crippen molar-refractivity contribution in [1.82, 2.24) is 10.7 Å². The number of hydrogen-bond donors (Lipinski definition) is 2. The molecule has 5 nitrogen and oxygen atoms in total. The Balaban J connectivity index is 1.87. The summed E-state index contributed by atoms with van der Waals surface area (Å²) < 4.78 is 0. The number of nitrogens with one attached hydrogen (secondary N) is 2. The second kappa shape index (κ2) is 2.83. The van der Waals surface area contributed by atoms with E-state index in [9.17, 15) is 9.59 Å². The second-order valence-corrected chi connectivity index (χ2v) is 3.56. The van der Waals surface area contributed by atoms with E-state index in [-0.39, 0.29) is 24.3 Å². The second-order valence-electron chi connectivity index (χ2n) is 3.56. The van der Waals surface area contributed by atoms with Crippen molar-refractivity contribution in [2.45, 2.75) is 25.8 Å². The third-order valence-corrected chi connectivity index (χ3v) is 2.33. The quantitative estimate of drug-likeness (QED) is 0.596. The molecular formula is C8H11N3O2. The highest BCUT2D eigenvalue weighted by Crippen LogP contribution is 2.28. The van der Waals surface area contributed by atoms with Crippen molar-refractivity contribution in [2.75, 3.05) is 0 Å². The van der Waals surface area contributed by atoms with Crippen LogP contribution in [0.25, 0.3) is 0 Å². The fourth-order valence-corrected chi connectivity index (χ4v) is 1.27. The van der Waals surface area contributed by atoms with E-state index in [1.807, 2.05) is 0 Å². The van der Waals surface area contributed by atoms with Gasteiger partial charge in [0.2, 0.25) is 5.91 Å². The van der Waals surface area contributed by atoms with Crippen LogP contribution >= 0.6 is 0 Å². The highest BCUT2D eigenvalue weighted by atomic mass is 16.2. The number of hydrogen-bond acceptors (Lipinski definition) is 3. The fraction of sp³-hybridized carbons (Fsp3) is 0.625. The van der Waals surface area contributed by atoms with E-state index in [1.165, 1.54) is 0 Å². The molecule has 0 saturated heterocycles. The Morgan fingerprint density at radius 3 is 2.85 bits per heavy atom. The van der Waals surface area contributed by atoms with Crippen LogP contribution in [0.1, 0.15) is 19.8 Å². The molecule has 70 valence electrons. The van der Waals surface area contributed by atoms with Gasteiger partial charge in [0.25, 0.3) is 5.91 Å². The van der Waals surface area contributed by atoms with Gasteiger partial charge in [-0.05, 0) is 12.3 Å². The van der Waals surface area contributed by atoms with Gasteiger partial charge in [-0.15, -0.1) is 0 Å². The van der Waals surface area contributed by atoms with Crippen LogP contribution in [0, 0.1) is 5.92 Å². The zero-order chi connectivity index (χ0) is 9.42. The Morgan fingerprint density at radius 1 is 1.69 bits per heavy atom. The summed E-state index contributed by atoms with van der Waals surface area (Å²) in [4.78, 5) is 22.1. The largest absolute Gasteiger partial charge is 0.348 e. The molecule has 5 heteroatoms. The van der Waals surface area contributed by atoms with E-state index in [2.05, 4.69) is 22.8 Å². The van der Waals surface area contributed by atoms with Crippen LogP contribution in [0.4, 0.5) is 0 Å². The predicted octanol–water partition coefficient (Wildman–Crippen LogP) is -0.613. The third kappa shape index (κ3) is 1.68. The molecule has 1 heterocycles. The number of rotatable bonds is 2. The Bertz CT molecular complexity index is 298. The molecule has 2 amide bonds. The maximum absolute atomic E-state index is 11.4. The van der Waals surface area contributed by atoms with Crippen molar-refractivity contribution in [1.29, 1.82) is 0 Å². The molecule has 2 aliphatic rings. The van der Waals surface area contributed by atoms with Gasteiger partial charge in [-0.3, -0.25) is 9.59 Å². The zero-order valence-corrected chi connectivity index (χ0v) is 7.33. The van der Waals surface area contributed by atoms with Crippen LogP contribution in [0.5, 0.6) is 0 Å². The average Bonchev–Trinajstić information content (AvgIpc) is 2.62. The summed E-state index contributed by atoms with van der Waals surface area (Å²) in [5, 5.41) is 6.43. The lowest BCUT2D eigenvalue weighted by atomic mass is 10.2. The minimum Gasteiger partial charge on any atom is -0.348 e. The van der Waals surface area contributed by atoms with Crippen molar-refractivity contribution in [3.05, 3.63) is 0 Å². The minimum atomic E-state index is -0.215. The molecule has 2 rings (SSSR count). The summed E-state index contributed by atoms with van der Waals surface area (Å²) in [6.07, 6.45) is 1.13. The molecule has 0 aromatic carbocycles. The van der Waals surface area contributed by atoms with E-state index in [0.717, 1.165) is 6.42 Å². The van der Waals surface area contributed by atoms with Gasteiger partial charge < -0.3 is 5.32 Å². The average molecular weight is 181 g/mol. The van der Waals surface area contributed by atoms with Crippen LogP contribution in [0.3, 0.4) is 0 Å². The molecule has 1 saturated carbocycles. The summed E-state index contributed by atoms with van der Waals surface area (Å²) in [7, 11) is 0. The number of carbonyl (C=O) groups is 2. The molecule has 1 aliphatic carbocycles. The molecule has 2 N–H and O–H groups in total. The van der Waals surface area contributed by atoms with Gasteiger partial charge >= 0.3 is 0 Å². The molecular weight excluding hydrogens is 170 g/mol. The van der Waals surface area contributed by atoms with Gasteiger partial charge in [-0.25, -0.2) is 5.43 Å². The van der Waals surface area contributed by atoms with E-state index in [4.69, 9.17) is 0 Å². The molecule has 0 radical (unpaired) electrons. The lowest BCUT2D eigenvalue weighted by Crippen LogP contribution is -2.32. The minimum absolute atomic E-state index is 0.104. The van der Waals surface area contributed by atoms with Gasteiger partial charge in [0.15, 0.2) is 0 Å². The predicted molar refractivity (Wildman–Crippen MR) is 45.9 cm³/mol. The van der Waals surface area contributed by atoms with Crippen LogP contribution in [0.2, 0.25) is 0 Å². The maximum Gasteiger partial charge on any atom is 0.268 e. The lowest BCUT2D eigenvalue weighted by molar-refractivity contribution is -0.120. The number of amides is 2. The molecule has 13 heavy (non-hydrogen) atoms. The summed E-state index contributed by atoms with van der Waals surface area (Å²) in [6, 6.07) is 0.283. The van der Waals surface area contributed by atoms with Crippen LogP contribution in [-0.4, -0.2) is 23.6 Å². The monoisotopic (exact) mass is 181 g/mol. The Hall–Kier alpha value is -1.39. The zero-order valence-electron chi connectivity index (χ0n) is 7.33. The smallest absolute Gasteiger partial charge is 0.268 e. The molecule has 2 atom stereocenters. The van der Waals surface area contributed by atoms with Gasteiger partial charge in [-0.2, -0.15) is 5.10 Å². The van der Waals surface area contributed by atoms with Crippen molar-refractivity contribution in [3.8, 4) is 0 Å². The Kier molecular flexibility index (Phi) is 1.79. The van der Waals surface area contributed by atoms with Crippen LogP contribution in [0.15, 0.2) is 5.10 Å². The molecule has 0 bridgehead atoms. The fourth-order valence-electron chi connectivity index (χ4n) is 1.27. The molecule has 0 aromatic rings. The number of nitrogens with zero attached hydrogens (tertiary/aromatic N) is 1. The normalized spacial score (nSPS) is 30.8. The third-order valence-electron chi connectivity index (χ3n) is 2.33. The van der Waals surface area contributed by atoms with Crippen molar-refractivity contribution in [3.63, 3.8) is 0 Å². The Morgan fingerprint density at radius 2 is 2.38 bits per heavy atom. The van der Waals surface area contributed by atoms with Gasteiger partial charge in [0.1, 0.15) is 5.71 Å². The first-order valence-corrected chi connectivity index (χ1v) is 4.33. The summed E-state index contributed by atoms with van der Waals surface area (Å²) in [5.41, 5.74) is 2.54. The van der Waals surface area contributed by atoms with Crippen molar-refractivity contribution >= 4 is 17.5 Å². The molecule has 0 aromatic heterocycles. The summed E-state index contributed by atoms with van der Waals surface area (Å²) in [6.45, 7) is 2.07. The summed E-state index contributed by atoms with van der Waals surface area (Å²) in [5.74, 6) is 0.135. The topological polar surface area (TPSA) is 70.6 Å². The standard InChI is InChI=1S/C8H11N3O2/c1-4-2-5(4)9-8(13)6-3-7(12)11-10-6/h4-5H,2-3H2,1H3,(H,9,13)(H,11,12)/t4-,5-/m1/s1. The maximum atomic E-state index is 11.4. The van der Waals surface area contributed by atoms with Gasteiger partial charge in [0, 0.05) is 6.04 Å². The van der Waals surface area contributed by atoms with Crippen molar-refractivity contribution in [2.24, 2.45) is 11.0 Å². The van der Waals surface area contributed by atoms with Gasteiger partial charge in [0.05, 0.1) is 6.42 Å². The number of carbonyl (C=O) groups excluding carboxylic acids is 2. The first-order chi connectivity index (χ1) is 6.16. The molecule has 1 fully saturated rings. The first kappa shape index (κ1) is 8.22. The van der Waals surface area contributed by atoms with Gasteiger partial charge in [-0.1, -0.05) is 6.92 Å². The highest BCUT2D eigenvalue weighted by molar-refractivity contribution is 6.43. The molecule has 1 aliphatic heterocycles. The van der Waals surface area contributed by atoms with Crippen LogP contribution in [-0.2, 0) is 9.59 Å². The highest BCUT2D eigenvalue weighted by Gasteiger charge is 2.35. The van der Waals surface area contributed by atoms with E-state index in [0.29, 0.717) is 11.6 Å². The number of hydrazone groups is 1. The SMILES string of the molecule is C[C@@H]1C[C@H]1NC(=O)C1=NNC(=O)C1. The lowest BCUT2D eigenvalue weighted by Gasteiger charge is -2.00. The molecule has 0 spiro atoms. The van der Waals surface area contributed by atoms with Crippen LogP contribution < -0.4 is 10.7 Å². The Labute approximate surface area is 75.6 Å². The first-order valence-electron chi connectivity index (χ1n) is 4.33. The summed E-state index contributed by atoms with van der Waals surface area (Å²) >= 11 is 0.